The zero-order valence-electron chi connectivity index (χ0n) is 9.59. The Kier molecular flexibility index (Phi) is 4.42. The summed E-state index contributed by atoms with van der Waals surface area (Å²) in [7, 11) is 0. The number of benzene rings is 2. The smallest absolute Gasteiger partial charge is 0.159 e. The zero-order chi connectivity index (χ0) is 14.0. The molecule has 0 aromatic heterocycles. The van der Waals surface area contributed by atoms with Crippen LogP contribution in [0.2, 0.25) is 0 Å². The lowest BCUT2D eigenvalue weighted by Crippen LogP contribution is -1.99. The molecule has 0 unspecified atom stereocenters. The molecule has 0 heterocycles. The second-order valence-electron chi connectivity index (χ2n) is 3.85. The average molecular weight is 393 g/mol. The van der Waals surface area contributed by atoms with Crippen LogP contribution in [-0.2, 0) is 6.61 Å². The van der Waals surface area contributed by atoms with Gasteiger partial charge in [-0.15, -0.1) is 0 Å². The summed E-state index contributed by atoms with van der Waals surface area (Å²) >= 11 is 6.66. The number of nitrogen functional groups attached to an aromatic ring is 1. The molecule has 2 nitrogen and oxygen atoms in total. The summed E-state index contributed by atoms with van der Waals surface area (Å²) in [4.78, 5) is 0. The van der Waals surface area contributed by atoms with Crippen molar-refractivity contribution in [3.05, 3.63) is 56.5 Å². The van der Waals surface area contributed by atoms with Crippen LogP contribution in [0.4, 0.5) is 14.5 Å². The third-order valence-electron chi connectivity index (χ3n) is 2.39. The Balaban J connectivity index is 2.16. The van der Waals surface area contributed by atoms with Gasteiger partial charge in [0.05, 0.1) is 8.95 Å². The fraction of sp³-hybridized carbons (Fsp3) is 0.0769. The van der Waals surface area contributed by atoms with Gasteiger partial charge in [-0.2, -0.15) is 0 Å². The van der Waals surface area contributed by atoms with Gasteiger partial charge in [0.1, 0.15) is 12.4 Å². The van der Waals surface area contributed by atoms with Gasteiger partial charge in [0.2, 0.25) is 0 Å². The van der Waals surface area contributed by atoms with E-state index in [0.29, 0.717) is 25.9 Å². The summed E-state index contributed by atoms with van der Waals surface area (Å²) in [5.41, 5.74) is 6.78. The Morgan fingerprint density at radius 3 is 2.21 bits per heavy atom. The molecule has 0 aliphatic carbocycles. The molecule has 19 heavy (non-hydrogen) atoms. The van der Waals surface area contributed by atoms with E-state index >= 15 is 0 Å². The Hall–Kier alpha value is -1.14. The van der Waals surface area contributed by atoms with E-state index in [1.54, 1.807) is 12.1 Å². The number of anilines is 1. The van der Waals surface area contributed by atoms with Crippen LogP contribution in [0.25, 0.3) is 0 Å². The molecule has 2 N–H and O–H groups in total. The average Bonchev–Trinajstić information content (AvgIpc) is 2.32. The van der Waals surface area contributed by atoms with Crippen LogP contribution in [0.5, 0.6) is 5.75 Å². The number of hydrogen-bond donors (Lipinski definition) is 1. The minimum atomic E-state index is -0.892. The highest BCUT2D eigenvalue weighted by atomic mass is 79.9. The van der Waals surface area contributed by atoms with Crippen molar-refractivity contribution in [3.8, 4) is 5.75 Å². The van der Waals surface area contributed by atoms with Crippen LogP contribution >= 0.6 is 31.9 Å². The maximum atomic E-state index is 13.1. The predicted octanol–water partition coefficient (Wildman–Crippen LogP) is 4.65. The third-order valence-corrected chi connectivity index (χ3v) is 3.57. The van der Waals surface area contributed by atoms with E-state index in [9.17, 15) is 8.78 Å². The van der Waals surface area contributed by atoms with E-state index in [4.69, 9.17) is 10.5 Å². The minimum Gasteiger partial charge on any atom is -0.487 e. The fourth-order valence-corrected chi connectivity index (χ4v) is 2.95. The summed E-state index contributed by atoms with van der Waals surface area (Å²) in [5, 5.41) is 0. The van der Waals surface area contributed by atoms with Crippen LogP contribution in [-0.4, -0.2) is 0 Å². The first-order valence-electron chi connectivity index (χ1n) is 5.28. The van der Waals surface area contributed by atoms with Gasteiger partial charge in [-0.3, -0.25) is 0 Å². The largest absolute Gasteiger partial charge is 0.487 e. The first-order valence-corrected chi connectivity index (χ1v) is 6.87. The van der Waals surface area contributed by atoms with Crippen molar-refractivity contribution >= 4 is 37.5 Å². The molecule has 0 spiro atoms. The predicted molar refractivity (Wildman–Crippen MR) is 76.9 cm³/mol. The van der Waals surface area contributed by atoms with Gasteiger partial charge in [0, 0.05) is 5.69 Å². The molecule has 2 rings (SSSR count). The first kappa shape index (κ1) is 14.3. The molecule has 0 radical (unpaired) electrons. The third kappa shape index (κ3) is 3.45. The second-order valence-corrected chi connectivity index (χ2v) is 5.56. The highest BCUT2D eigenvalue weighted by Gasteiger charge is 2.09. The maximum Gasteiger partial charge on any atom is 0.159 e. The first-order chi connectivity index (χ1) is 8.97. The molecular weight excluding hydrogens is 384 g/mol. The van der Waals surface area contributed by atoms with E-state index in [1.165, 1.54) is 6.07 Å². The standard InChI is InChI=1S/C13H9Br2F2NO/c14-9-4-8(18)5-10(15)13(9)19-6-7-1-2-11(16)12(17)3-7/h1-5H,6,18H2. The summed E-state index contributed by atoms with van der Waals surface area (Å²) in [6, 6.07) is 7.05. The van der Waals surface area contributed by atoms with Gasteiger partial charge in [-0.1, -0.05) is 6.07 Å². The zero-order valence-corrected chi connectivity index (χ0v) is 12.8. The van der Waals surface area contributed by atoms with E-state index in [0.717, 1.165) is 12.1 Å². The maximum absolute atomic E-state index is 13.1. The second kappa shape index (κ2) is 5.88. The molecule has 0 saturated carbocycles. The van der Waals surface area contributed by atoms with E-state index < -0.39 is 11.6 Å². The highest BCUT2D eigenvalue weighted by Crippen LogP contribution is 2.36. The van der Waals surface area contributed by atoms with Crippen molar-refractivity contribution in [2.45, 2.75) is 6.61 Å². The van der Waals surface area contributed by atoms with Gasteiger partial charge in [0.15, 0.2) is 11.6 Å². The van der Waals surface area contributed by atoms with E-state index in [1.807, 2.05) is 0 Å². The fourth-order valence-electron chi connectivity index (χ4n) is 1.50. The van der Waals surface area contributed by atoms with Crippen molar-refractivity contribution in [1.82, 2.24) is 0 Å². The molecule has 0 saturated heterocycles. The lowest BCUT2D eigenvalue weighted by molar-refractivity contribution is 0.301. The lowest BCUT2D eigenvalue weighted by Gasteiger charge is -2.11. The summed E-state index contributed by atoms with van der Waals surface area (Å²) < 4.78 is 32.8. The molecule has 2 aromatic carbocycles. The summed E-state index contributed by atoms with van der Waals surface area (Å²) in [6.45, 7) is 0.123. The van der Waals surface area contributed by atoms with Gasteiger partial charge in [-0.25, -0.2) is 8.78 Å². The van der Waals surface area contributed by atoms with Crippen LogP contribution in [0, 0.1) is 11.6 Å². The van der Waals surface area contributed by atoms with Gasteiger partial charge in [-0.05, 0) is 61.7 Å². The number of hydrogen-bond acceptors (Lipinski definition) is 2. The van der Waals surface area contributed by atoms with Crippen molar-refractivity contribution in [1.29, 1.82) is 0 Å². The van der Waals surface area contributed by atoms with Crippen molar-refractivity contribution in [3.63, 3.8) is 0 Å². The molecule has 2 aromatic rings. The Morgan fingerprint density at radius 2 is 1.63 bits per heavy atom. The molecule has 0 bridgehead atoms. The molecular formula is C13H9Br2F2NO. The SMILES string of the molecule is Nc1cc(Br)c(OCc2ccc(F)c(F)c2)c(Br)c1. The molecule has 0 atom stereocenters. The number of halogens is 4. The molecule has 6 heteroatoms. The molecule has 0 aliphatic rings. The normalized spacial score (nSPS) is 10.5. The van der Waals surface area contributed by atoms with Crippen molar-refractivity contribution < 1.29 is 13.5 Å². The van der Waals surface area contributed by atoms with Crippen molar-refractivity contribution in [2.75, 3.05) is 5.73 Å². The van der Waals surface area contributed by atoms with E-state index in [2.05, 4.69) is 31.9 Å². The summed E-state index contributed by atoms with van der Waals surface area (Å²) in [5.74, 6) is -1.21. The molecule has 0 aliphatic heterocycles. The Morgan fingerprint density at radius 1 is 1.00 bits per heavy atom. The van der Waals surface area contributed by atoms with Crippen LogP contribution in [0.1, 0.15) is 5.56 Å². The van der Waals surface area contributed by atoms with E-state index in [-0.39, 0.29) is 6.61 Å². The van der Waals surface area contributed by atoms with Gasteiger partial charge >= 0.3 is 0 Å². The van der Waals surface area contributed by atoms with Crippen LogP contribution in [0.3, 0.4) is 0 Å². The number of nitrogens with two attached hydrogens (primary N) is 1. The molecule has 100 valence electrons. The Bertz CT molecular complexity index is 597. The monoisotopic (exact) mass is 391 g/mol. The minimum absolute atomic E-state index is 0.123. The topological polar surface area (TPSA) is 35.2 Å². The summed E-state index contributed by atoms with van der Waals surface area (Å²) in [6.07, 6.45) is 0. The molecule has 0 fully saturated rings. The van der Waals surface area contributed by atoms with Gasteiger partial charge < -0.3 is 10.5 Å². The quantitative estimate of drug-likeness (QED) is 0.771. The van der Waals surface area contributed by atoms with Crippen molar-refractivity contribution in [2.24, 2.45) is 0 Å². The van der Waals surface area contributed by atoms with Crippen LogP contribution < -0.4 is 10.5 Å². The number of ether oxygens (including phenoxy) is 1. The lowest BCUT2D eigenvalue weighted by atomic mass is 10.2. The number of rotatable bonds is 3. The van der Waals surface area contributed by atoms with Gasteiger partial charge in [0.25, 0.3) is 0 Å². The van der Waals surface area contributed by atoms with Crippen LogP contribution in [0.15, 0.2) is 39.3 Å². The Labute approximate surface area is 125 Å². The highest BCUT2D eigenvalue weighted by molar-refractivity contribution is 9.11. The molecule has 0 amide bonds.